The summed E-state index contributed by atoms with van der Waals surface area (Å²) in [5, 5.41) is 0.946. The molecule has 21 heavy (non-hydrogen) atoms. The number of nitrogens with one attached hydrogen (secondary N) is 1. The van der Waals surface area contributed by atoms with Gasteiger partial charge < -0.3 is 15.5 Å². The van der Waals surface area contributed by atoms with E-state index in [9.17, 15) is 4.79 Å². The van der Waals surface area contributed by atoms with Gasteiger partial charge in [0.25, 0.3) is 5.56 Å². The minimum Gasteiger partial charge on any atom is -0.484 e. The number of nitrogens with zero attached hydrogens (tertiary/aromatic N) is 1. The maximum atomic E-state index is 12.0. The second-order valence-electron chi connectivity index (χ2n) is 4.50. The first-order valence-electron chi connectivity index (χ1n) is 6.29. The molecule has 0 aliphatic heterocycles. The van der Waals surface area contributed by atoms with Crippen molar-refractivity contribution in [3.05, 3.63) is 63.7 Å². The fourth-order valence-corrected chi connectivity index (χ4v) is 2.16. The van der Waals surface area contributed by atoms with Gasteiger partial charge in [-0.25, -0.2) is 4.98 Å². The third kappa shape index (κ3) is 2.83. The van der Waals surface area contributed by atoms with Crippen molar-refractivity contribution in [3.63, 3.8) is 0 Å². The number of ether oxygens (including phenoxy) is 1. The van der Waals surface area contributed by atoms with Crippen LogP contribution in [0.1, 0.15) is 5.82 Å². The molecule has 1 heterocycles. The first kappa shape index (κ1) is 13.5. The first-order valence-corrected chi connectivity index (χ1v) is 6.67. The molecular weight excluding hydrogens is 290 g/mol. The number of nitrogens with two attached hydrogens (primary N) is 1. The summed E-state index contributed by atoms with van der Waals surface area (Å²) in [4.78, 5) is 19.0. The van der Waals surface area contributed by atoms with Gasteiger partial charge in [0.05, 0.1) is 16.6 Å². The number of hydrogen-bond donors (Lipinski definition) is 2. The molecule has 0 atom stereocenters. The highest BCUT2D eigenvalue weighted by atomic mass is 35.5. The number of hydrogen-bond acceptors (Lipinski definition) is 4. The Morgan fingerprint density at radius 1 is 1.24 bits per heavy atom. The largest absolute Gasteiger partial charge is 0.484 e. The summed E-state index contributed by atoms with van der Waals surface area (Å²) in [5.41, 5.74) is 6.65. The van der Waals surface area contributed by atoms with Crippen molar-refractivity contribution >= 4 is 28.2 Å². The molecule has 3 N–H and O–H groups in total. The van der Waals surface area contributed by atoms with Gasteiger partial charge in [-0.3, -0.25) is 4.79 Å². The fraction of sp³-hybridized carbons (Fsp3) is 0.0667. The minimum absolute atomic E-state index is 0.127. The van der Waals surface area contributed by atoms with Crippen LogP contribution in [-0.2, 0) is 6.61 Å². The zero-order chi connectivity index (χ0) is 14.8. The quantitative estimate of drug-likeness (QED) is 0.729. The third-order valence-corrected chi connectivity index (χ3v) is 3.23. The molecule has 0 unspecified atom stereocenters. The molecule has 3 rings (SSSR count). The second-order valence-corrected chi connectivity index (χ2v) is 4.94. The van der Waals surface area contributed by atoms with Crippen molar-refractivity contribution in [2.75, 3.05) is 5.73 Å². The molecule has 0 aliphatic carbocycles. The molecule has 0 saturated heterocycles. The van der Waals surface area contributed by atoms with Crippen LogP contribution in [0.5, 0.6) is 5.75 Å². The lowest BCUT2D eigenvalue weighted by molar-refractivity contribution is 0.297. The first-order chi connectivity index (χ1) is 10.1. The minimum atomic E-state index is -0.248. The van der Waals surface area contributed by atoms with Crippen LogP contribution in [0.4, 0.5) is 5.69 Å². The van der Waals surface area contributed by atoms with Crippen LogP contribution in [0.15, 0.2) is 47.3 Å². The maximum absolute atomic E-state index is 12.0. The lowest BCUT2D eigenvalue weighted by Crippen LogP contribution is -2.13. The summed E-state index contributed by atoms with van der Waals surface area (Å²) >= 11 is 5.87. The van der Waals surface area contributed by atoms with Gasteiger partial charge in [-0.2, -0.15) is 0 Å². The SMILES string of the molecule is Nc1ccccc1OCc1nc2ccc(Cl)cc2c(=O)[nH]1. The van der Waals surface area contributed by atoms with Crippen LogP contribution in [0.2, 0.25) is 5.02 Å². The van der Waals surface area contributed by atoms with E-state index < -0.39 is 0 Å². The predicted molar refractivity (Wildman–Crippen MR) is 82.6 cm³/mol. The summed E-state index contributed by atoms with van der Waals surface area (Å²) in [6.45, 7) is 0.127. The van der Waals surface area contributed by atoms with Crippen molar-refractivity contribution in [1.29, 1.82) is 0 Å². The van der Waals surface area contributed by atoms with Crippen LogP contribution >= 0.6 is 11.6 Å². The van der Waals surface area contributed by atoms with Crippen molar-refractivity contribution < 1.29 is 4.74 Å². The van der Waals surface area contributed by atoms with Gasteiger partial charge in [0.1, 0.15) is 18.2 Å². The monoisotopic (exact) mass is 301 g/mol. The van der Waals surface area contributed by atoms with E-state index in [0.29, 0.717) is 33.2 Å². The van der Waals surface area contributed by atoms with Gasteiger partial charge in [0.15, 0.2) is 0 Å². The van der Waals surface area contributed by atoms with E-state index in [1.807, 2.05) is 12.1 Å². The van der Waals surface area contributed by atoms with Gasteiger partial charge in [0.2, 0.25) is 0 Å². The molecule has 0 spiro atoms. The molecule has 6 heteroatoms. The van der Waals surface area contributed by atoms with Gasteiger partial charge in [-0.15, -0.1) is 0 Å². The van der Waals surface area contributed by atoms with E-state index in [-0.39, 0.29) is 12.2 Å². The Hall–Kier alpha value is -2.53. The number of benzene rings is 2. The Morgan fingerprint density at radius 2 is 2.05 bits per heavy atom. The van der Waals surface area contributed by atoms with Gasteiger partial charge >= 0.3 is 0 Å². The molecule has 1 aromatic heterocycles. The molecule has 0 radical (unpaired) electrons. The summed E-state index contributed by atoms with van der Waals surface area (Å²) in [6, 6.07) is 12.1. The number of anilines is 1. The summed E-state index contributed by atoms with van der Waals surface area (Å²) < 4.78 is 5.57. The molecular formula is C15H12ClN3O2. The fourth-order valence-electron chi connectivity index (χ4n) is 1.99. The molecule has 2 aromatic carbocycles. The smallest absolute Gasteiger partial charge is 0.258 e. The van der Waals surface area contributed by atoms with Crippen molar-refractivity contribution in [2.45, 2.75) is 6.61 Å². The zero-order valence-corrected chi connectivity index (χ0v) is 11.7. The zero-order valence-electron chi connectivity index (χ0n) is 11.0. The predicted octanol–water partition coefficient (Wildman–Crippen LogP) is 2.74. The van der Waals surface area contributed by atoms with Gasteiger partial charge in [-0.1, -0.05) is 23.7 Å². The highest BCUT2D eigenvalue weighted by Crippen LogP contribution is 2.20. The summed E-state index contributed by atoms with van der Waals surface area (Å²) in [7, 11) is 0. The third-order valence-electron chi connectivity index (χ3n) is 3.00. The van der Waals surface area contributed by atoms with E-state index in [0.717, 1.165) is 0 Å². The molecule has 5 nitrogen and oxygen atoms in total. The average molecular weight is 302 g/mol. The Kier molecular flexibility index (Phi) is 3.50. The van der Waals surface area contributed by atoms with Crippen LogP contribution in [0.3, 0.4) is 0 Å². The van der Waals surface area contributed by atoms with Crippen LogP contribution in [0, 0.1) is 0 Å². The molecule has 0 bridgehead atoms. The highest BCUT2D eigenvalue weighted by molar-refractivity contribution is 6.31. The lowest BCUT2D eigenvalue weighted by Gasteiger charge is -2.08. The lowest BCUT2D eigenvalue weighted by atomic mass is 10.2. The van der Waals surface area contributed by atoms with E-state index in [1.165, 1.54) is 0 Å². The molecule has 3 aromatic rings. The second kappa shape index (κ2) is 5.46. The Labute approximate surface area is 125 Å². The number of aromatic amines is 1. The molecule has 106 valence electrons. The number of aromatic nitrogens is 2. The van der Waals surface area contributed by atoms with Crippen molar-refractivity contribution in [2.24, 2.45) is 0 Å². The maximum Gasteiger partial charge on any atom is 0.258 e. The van der Waals surface area contributed by atoms with E-state index >= 15 is 0 Å². The summed E-state index contributed by atoms with van der Waals surface area (Å²) in [5.74, 6) is 0.981. The number of halogens is 1. The number of rotatable bonds is 3. The number of para-hydroxylation sites is 2. The number of fused-ring (bicyclic) bond motifs is 1. The summed E-state index contributed by atoms with van der Waals surface area (Å²) in [6.07, 6.45) is 0. The number of H-pyrrole nitrogens is 1. The van der Waals surface area contributed by atoms with Crippen LogP contribution in [-0.4, -0.2) is 9.97 Å². The molecule has 0 saturated carbocycles. The van der Waals surface area contributed by atoms with Gasteiger partial charge in [-0.05, 0) is 30.3 Å². The average Bonchev–Trinajstić information content (AvgIpc) is 2.47. The molecule has 0 fully saturated rings. The van der Waals surface area contributed by atoms with E-state index in [2.05, 4.69) is 9.97 Å². The topological polar surface area (TPSA) is 81.0 Å². The van der Waals surface area contributed by atoms with E-state index in [4.69, 9.17) is 22.1 Å². The highest BCUT2D eigenvalue weighted by Gasteiger charge is 2.06. The van der Waals surface area contributed by atoms with Crippen molar-refractivity contribution in [1.82, 2.24) is 9.97 Å². The van der Waals surface area contributed by atoms with E-state index in [1.54, 1.807) is 30.3 Å². The van der Waals surface area contributed by atoms with Crippen molar-refractivity contribution in [3.8, 4) is 5.75 Å². The van der Waals surface area contributed by atoms with Gasteiger partial charge in [0, 0.05) is 5.02 Å². The Balaban J connectivity index is 1.90. The standard InChI is InChI=1S/C15H12ClN3O2/c16-9-5-6-12-10(7-9)15(20)19-14(18-12)8-21-13-4-2-1-3-11(13)17/h1-7H,8,17H2,(H,18,19,20). The van der Waals surface area contributed by atoms with Crippen LogP contribution < -0.4 is 16.0 Å². The van der Waals surface area contributed by atoms with Crippen LogP contribution in [0.25, 0.3) is 10.9 Å². The Bertz CT molecular complexity index is 861. The number of nitrogen functional groups attached to an aromatic ring is 1. The Morgan fingerprint density at radius 3 is 2.86 bits per heavy atom. The molecule has 0 aliphatic rings. The normalized spacial score (nSPS) is 10.7. The molecule has 0 amide bonds.